The normalized spacial score (nSPS) is 12.2. The van der Waals surface area contributed by atoms with Crippen LogP contribution in [0.2, 0.25) is 0 Å². The van der Waals surface area contributed by atoms with Crippen molar-refractivity contribution in [1.82, 2.24) is 0 Å². The molecule has 1 aromatic carbocycles. The standard InChI is InChI=1S/C12H16O5S/c1-4-12(2,3)11(13)17-9-6-5-7-10(8-9)18(14,15)16/h5-8H,4H2,1-3H3,(H,14,15,16)/p-1. The molecule has 0 aromatic heterocycles. The minimum absolute atomic E-state index is 0.0541. The molecule has 0 unspecified atom stereocenters. The van der Waals surface area contributed by atoms with Gasteiger partial charge in [-0.2, -0.15) is 0 Å². The van der Waals surface area contributed by atoms with Gasteiger partial charge in [0.2, 0.25) is 0 Å². The minimum atomic E-state index is -4.54. The van der Waals surface area contributed by atoms with Gasteiger partial charge in [-0.25, -0.2) is 8.42 Å². The summed E-state index contributed by atoms with van der Waals surface area (Å²) < 4.78 is 37.5. The van der Waals surface area contributed by atoms with Crippen LogP contribution in [0.4, 0.5) is 0 Å². The summed E-state index contributed by atoms with van der Waals surface area (Å²) in [5, 5.41) is 0. The highest BCUT2D eigenvalue weighted by atomic mass is 32.2. The Morgan fingerprint density at radius 3 is 2.50 bits per heavy atom. The van der Waals surface area contributed by atoms with Gasteiger partial charge in [0, 0.05) is 0 Å². The van der Waals surface area contributed by atoms with Crippen LogP contribution in [-0.2, 0) is 14.9 Å². The first-order chi connectivity index (χ1) is 8.16. The van der Waals surface area contributed by atoms with Crippen molar-refractivity contribution in [3.8, 4) is 5.75 Å². The first-order valence-electron chi connectivity index (χ1n) is 5.45. The van der Waals surface area contributed by atoms with E-state index in [1.54, 1.807) is 13.8 Å². The van der Waals surface area contributed by atoms with Crippen LogP contribution in [0.1, 0.15) is 27.2 Å². The Balaban J connectivity index is 2.97. The van der Waals surface area contributed by atoms with Crippen LogP contribution in [0.3, 0.4) is 0 Å². The molecule has 0 radical (unpaired) electrons. The van der Waals surface area contributed by atoms with Gasteiger partial charge in [0.05, 0.1) is 10.3 Å². The first kappa shape index (κ1) is 14.7. The second-order valence-corrected chi connectivity index (χ2v) is 5.94. The summed E-state index contributed by atoms with van der Waals surface area (Å²) in [4.78, 5) is 11.4. The molecule has 0 spiro atoms. The Bertz CT molecular complexity index is 545. The van der Waals surface area contributed by atoms with Gasteiger partial charge < -0.3 is 9.29 Å². The number of hydrogen-bond donors (Lipinski definition) is 0. The van der Waals surface area contributed by atoms with Crippen LogP contribution in [0, 0.1) is 5.41 Å². The number of rotatable bonds is 4. The minimum Gasteiger partial charge on any atom is -0.744 e. The summed E-state index contributed by atoms with van der Waals surface area (Å²) in [5.74, 6) is -0.413. The van der Waals surface area contributed by atoms with Crippen LogP contribution in [-0.4, -0.2) is 18.9 Å². The number of ether oxygens (including phenoxy) is 1. The fraction of sp³-hybridized carbons (Fsp3) is 0.417. The largest absolute Gasteiger partial charge is 0.744 e. The number of carbonyl (C=O) groups excluding carboxylic acids is 1. The van der Waals surface area contributed by atoms with E-state index in [4.69, 9.17) is 4.74 Å². The van der Waals surface area contributed by atoms with Crippen LogP contribution < -0.4 is 4.74 Å². The molecular weight excluding hydrogens is 256 g/mol. The summed E-state index contributed by atoms with van der Waals surface area (Å²) >= 11 is 0. The molecule has 6 heteroatoms. The van der Waals surface area contributed by atoms with E-state index in [1.165, 1.54) is 12.1 Å². The summed E-state index contributed by atoms with van der Waals surface area (Å²) in [5.41, 5.74) is -0.660. The van der Waals surface area contributed by atoms with Gasteiger partial charge in [0.25, 0.3) is 0 Å². The highest BCUT2D eigenvalue weighted by molar-refractivity contribution is 7.85. The average Bonchev–Trinajstić information content (AvgIpc) is 2.28. The van der Waals surface area contributed by atoms with Gasteiger partial charge in [-0.1, -0.05) is 13.0 Å². The van der Waals surface area contributed by atoms with E-state index in [0.29, 0.717) is 6.42 Å². The molecule has 1 rings (SSSR count). The zero-order chi connectivity index (χ0) is 14.0. The second-order valence-electron chi connectivity index (χ2n) is 4.56. The quantitative estimate of drug-likeness (QED) is 0.474. The van der Waals surface area contributed by atoms with Crippen molar-refractivity contribution in [3.05, 3.63) is 24.3 Å². The van der Waals surface area contributed by atoms with Gasteiger partial charge in [0.15, 0.2) is 0 Å². The van der Waals surface area contributed by atoms with Gasteiger partial charge in [0.1, 0.15) is 15.9 Å². The Morgan fingerprint density at radius 1 is 1.39 bits per heavy atom. The SMILES string of the molecule is CCC(C)(C)C(=O)Oc1cccc(S(=O)(=O)[O-])c1. The molecule has 0 aliphatic rings. The predicted octanol–water partition coefficient (Wildman–Crippen LogP) is 1.93. The molecule has 1 aromatic rings. The lowest BCUT2D eigenvalue weighted by Crippen LogP contribution is -2.28. The Kier molecular flexibility index (Phi) is 4.13. The van der Waals surface area contributed by atoms with Crippen molar-refractivity contribution in [2.75, 3.05) is 0 Å². The molecule has 5 nitrogen and oxygen atoms in total. The molecule has 0 amide bonds. The lowest BCUT2D eigenvalue weighted by Gasteiger charge is -2.20. The van der Waals surface area contributed by atoms with Gasteiger partial charge in [-0.3, -0.25) is 4.79 Å². The van der Waals surface area contributed by atoms with Crippen molar-refractivity contribution < 1.29 is 22.5 Å². The average molecular weight is 271 g/mol. The van der Waals surface area contributed by atoms with E-state index in [1.807, 2.05) is 6.92 Å². The van der Waals surface area contributed by atoms with Crippen molar-refractivity contribution in [2.45, 2.75) is 32.1 Å². The summed E-state index contributed by atoms with van der Waals surface area (Å²) in [7, 11) is -4.54. The molecule has 0 saturated heterocycles. The predicted molar refractivity (Wildman–Crippen MR) is 64.1 cm³/mol. The van der Waals surface area contributed by atoms with Gasteiger partial charge in [-0.05, 0) is 38.5 Å². The lowest BCUT2D eigenvalue weighted by molar-refractivity contribution is -0.144. The van der Waals surface area contributed by atoms with Crippen LogP contribution in [0.25, 0.3) is 0 Å². The highest BCUT2D eigenvalue weighted by Gasteiger charge is 2.27. The first-order valence-corrected chi connectivity index (χ1v) is 6.86. The smallest absolute Gasteiger partial charge is 0.316 e. The van der Waals surface area contributed by atoms with Gasteiger partial charge >= 0.3 is 5.97 Å². The second kappa shape index (κ2) is 5.07. The van der Waals surface area contributed by atoms with E-state index in [2.05, 4.69) is 0 Å². The topological polar surface area (TPSA) is 83.5 Å². The fourth-order valence-corrected chi connectivity index (χ4v) is 1.59. The molecule has 0 bridgehead atoms. The third-order valence-corrected chi connectivity index (χ3v) is 3.57. The van der Waals surface area contributed by atoms with Crippen LogP contribution >= 0.6 is 0 Å². The number of hydrogen-bond acceptors (Lipinski definition) is 5. The van der Waals surface area contributed by atoms with E-state index in [0.717, 1.165) is 12.1 Å². The number of esters is 1. The van der Waals surface area contributed by atoms with E-state index in [-0.39, 0.29) is 5.75 Å². The lowest BCUT2D eigenvalue weighted by atomic mass is 9.91. The van der Waals surface area contributed by atoms with E-state index < -0.39 is 26.4 Å². The summed E-state index contributed by atoms with van der Waals surface area (Å²) in [6.45, 7) is 5.30. The molecule has 0 fully saturated rings. The van der Waals surface area contributed by atoms with Crippen molar-refractivity contribution in [3.63, 3.8) is 0 Å². The molecule has 0 atom stereocenters. The number of benzene rings is 1. The molecule has 0 heterocycles. The Morgan fingerprint density at radius 2 is 2.00 bits per heavy atom. The maximum atomic E-state index is 11.8. The van der Waals surface area contributed by atoms with E-state index in [9.17, 15) is 17.8 Å². The van der Waals surface area contributed by atoms with E-state index >= 15 is 0 Å². The monoisotopic (exact) mass is 271 g/mol. The third-order valence-electron chi connectivity index (χ3n) is 2.74. The molecule has 0 saturated carbocycles. The zero-order valence-corrected chi connectivity index (χ0v) is 11.3. The Labute approximate surface area is 107 Å². The zero-order valence-electron chi connectivity index (χ0n) is 10.5. The summed E-state index contributed by atoms with van der Waals surface area (Å²) in [6, 6.07) is 4.99. The maximum absolute atomic E-state index is 11.8. The maximum Gasteiger partial charge on any atom is 0.316 e. The summed E-state index contributed by atoms with van der Waals surface area (Å²) in [6.07, 6.45) is 0.589. The van der Waals surface area contributed by atoms with Crippen molar-refractivity contribution in [1.29, 1.82) is 0 Å². The molecule has 0 aliphatic heterocycles. The fourth-order valence-electron chi connectivity index (χ4n) is 1.08. The van der Waals surface area contributed by atoms with Crippen molar-refractivity contribution >= 4 is 16.1 Å². The van der Waals surface area contributed by atoms with Gasteiger partial charge in [-0.15, -0.1) is 0 Å². The highest BCUT2D eigenvalue weighted by Crippen LogP contribution is 2.24. The van der Waals surface area contributed by atoms with Crippen molar-refractivity contribution in [2.24, 2.45) is 5.41 Å². The molecule has 0 N–H and O–H groups in total. The Hall–Kier alpha value is -1.40. The third kappa shape index (κ3) is 3.54. The molecule has 18 heavy (non-hydrogen) atoms. The molecule has 0 aliphatic carbocycles. The molecular formula is C12H15O5S-. The molecule has 100 valence electrons. The number of carbonyl (C=O) groups is 1. The van der Waals surface area contributed by atoms with Crippen LogP contribution in [0.15, 0.2) is 29.2 Å². The van der Waals surface area contributed by atoms with Crippen LogP contribution in [0.5, 0.6) is 5.75 Å².